The number of aromatic nitrogens is 2. The standard InChI is InChI=1S/C12H13F2N3/c13-12(14)17-8-11(7-16-17)10-3-1-9(2-4-10)5-6-15/h1-4,7-8,12H,5-6,15H2. The Balaban J connectivity index is 2.21. The zero-order valence-corrected chi connectivity index (χ0v) is 9.18. The monoisotopic (exact) mass is 237 g/mol. The average Bonchev–Trinajstić information content (AvgIpc) is 2.80. The van der Waals surface area contributed by atoms with Crippen molar-refractivity contribution in [1.82, 2.24) is 9.78 Å². The summed E-state index contributed by atoms with van der Waals surface area (Å²) in [5.41, 5.74) is 8.14. The topological polar surface area (TPSA) is 43.8 Å². The molecule has 2 N–H and O–H groups in total. The maximum atomic E-state index is 12.3. The Morgan fingerprint density at radius 3 is 2.41 bits per heavy atom. The van der Waals surface area contributed by atoms with Crippen LogP contribution in [0.1, 0.15) is 12.1 Å². The van der Waals surface area contributed by atoms with Crippen molar-refractivity contribution in [1.29, 1.82) is 0 Å². The van der Waals surface area contributed by atoms with Crippen molar-refractivity contribution in [2.45, 2.75) is 13.0 Å². The van der Waals surface area contributed by atoms with Crippen LogP contribution in [0, 0.1) is 0 Å². The highest BCUT2D eigenvalue weighted by Crippen LogP contribution is 2.21. The Morgan fingerprint density at radius 1 is 1.18 bits per heavy atom. The van der Waals surface area contributed by atoms with E-state index in [0.717, 1.165) is 17.5 Å². The van der Waals surface area contributed by atoms with Gasteiger partial charge in [-0.05, 0) is 24.1 Å². The summed E-state index contributed by atoms with van der Waals surface area (Å²) < 4.78 is 25.3. The summed E-state index contributed by atoms with van der Waals surface area (Å²) in [5.74, 6) is 0. The maximum absolute atomic E-state index is 12.3. The molecule has 0 bridgehead atoms. The molecule has 5 heteroatoms. The number of halogens is 2. The van der Waals surface area contributed by atoms with Gasteiger partial charge in [0.15, 0.2) is 0 Å². The second kappa shape index (κ2) is 5.05. The van der Waals surface area contributed by atoms with Gasteiger partial charge in [-0.1, -0.05) is 24.3 Å². The highest BCUT2D eigenvalue weighted by molar-refractivity contribution is 5.61. The molecule has 0 saturated carbocycles. The molecular formula is C12H13F2N3. The first-order valence-corrected chi connectivity index (χ1v) is 5.32. The molecule has 3 nitrogen and oxygen atoms in total. The van der Waals surface area contributed by atoms with Crippen molar-refractivity contribution in [3.05, 3.63) is 42.2 Å². The molecule has 1 aromatic heterocycles. The van der Waals surface area contributed by atoms with Crippen molar-refractivity contribution in [3.63, 3.8) is 0 Å². The summed E-state index contributed by atoms with van der Waals surface area (Å²) in [4.78, 5) is 0. The van der Waals surface area contributed by atoms with Gasteiger partial charge >= 0.3 is 6.55 Å². The molecular weight excluding hydrogens is 224 g/mol. The summed E-state index contributed by atoms with van der Waals surface area (Å²) in [6, 6.07) is 7.67. The Morgan fingerprint density at radius 2 is 1.88 bits per heavy atom. The lowest BCUT2D eigenvalue weighted by Gasteiger charge is -2.01. The van der Waals surface area contributed by atoms with E-state index in [1.54, 1.807) is 0 Å². The van der Waals surface area contributed by atoms with Gasteiger partial charge in [0.25, 0.3) is 0 Å². The minimum Gasteiger partial charge on any atom is -0.330 e. The molecule has 17 heavy (non-hydrogen) atoms. The maximum Gasteiger partial charge on any atom is 0.333 e. The fourth-order valence-electron chi connectivity index (χ4n) is 1.62. The Kier molecular flexibility index (Phi) is 3.49. The molecule has 0 amide bonds. The van der Waals surface area contributed by atoms with Crippen LogP contribution in [-0.4, -0.2) is 16.3 Å². The third-order valence-electron chi connectivity index (χ3n) is 2.52. The number of nitrogens with zero attached hydrogens (tertiary/aromatic N) is 2. The summed E-state index contributed by atoms with van der Waals surface area (Å²) >= 11 is 0. The molecule has 0 spiro atoms. The van der Waals surface area contributed by atoms with Gasteiger partial charge in [0.2, 0.25) is 0 Å². The summed E-state index contributed by atoms with van der Waals surface area (Å²) in [5, 5.41) is 3.60. The number of alkyl halides is 2. The third kappa shape index (κ3) is 2.68. The normalized spacial score (nSPS) is 11.1. The Hall–Kier alpha value is -1.75. The molecule has 0 radical (unpaired) electrons. The van der Waals surface area contributed by atoms with Crippen LogP contribution >= 0.6 is 0 Å². The molecule has 0 aliphatic rings. The van der Waals surface area contributed by atoms with Crippen molar-refractivity contribution in [3.8, 4) is 11.1 Å². The zero-order chi connectivity index (χ0) is 12.3. The van der Waals surface area contributed by atoms with Gasteiger partial charge in [-0.25, -0.2) is 4.68 Å². The molecule has 0 unspecified atom stereocenters. The van der Waals surface area contributed by atoms with Crippen LogP contribution in [0.4, 0.5) is 8.78 Å². The van der Waals surface area contributed by atoms with E-state index in [2.05, 4.69) is 5.10 Å². The van der Waals surface area contributed by atoms with Gasteiger partial charge in [0.05, 0.1) is 6.20 Å². The van der Waals surface area contributed by atoms with E-state index in [4.69, 9.17) is 5.73 Å². The number of rotatable bonds is 4. The first-order valence-electron chi connectivity index (χ1n) is 5.32. The molecule has 2 rings (SSSR count). The van der Waals surface area contributed by atoms with E-state index in [1.807, 2.05) is 24.3 Å². The fraction of sp³-hybridized carbons (Fsp3) is 0.250. The minimum atomic E-state index is -2.60. The summed E-state index contributed by atoms with van der Waals surface area (Å²) in [6.45, 7) is -2.00. The Labute approximate surface area is 97.9 Å². The summed E-state index contributed by atoms with van der Waals surface area (Å²) in [7, 11) is 0. The molecule has 0 fully saturated rings. The number of hydrogen-bond acceptors (Lipinski definition) is 2. The first kappa shape index (κ1) is 11.7. The predicted octanol–water partition coefficient (Wildman–Crippen LogP) is 2.45. The van der Waals surface area contributed by atoms with Crippen LogP contribution in [0.3, 0.4) is 0 Å². The highest BCUT2D eigenvalue weighted by Gasteiger charge is 2.08. The smallest absolute Gasteiger partial charge is 0.330 e. The fourth-order valence-corrected chi connectivity index (χ4v) is 1.62. The van der Waals surface area contributed by atoms with E-state index >= 15 is 0 Å². The largest absolute Gasteiger partial charge is 0.333 e. The lowest BCUT2D eigenvalue weighted by Crippen LogP contribution is -2.02. The molecule has 90 valence electrons. The van der Waals surface area contributed by atoms with Gasteiger partial charge in [0, 0.05) is 11.8 Å². The van der Waals surface area contributed by atoms with Gasteiger partial charge in [-0.3, -0.25) is 0 Å². The molecule has 2 aromatic rings. The number of nitrogens with two attached hydrogens (primary N) is 1. The lowest BCUT2D eigenvalue weighted by atomic mass is 10.1. The third-order valence-corrected chi connectivity index (χ3v) is 2.52. The van der Waals surface area contributed by atoms with Crippen LogP contribution < -0.4 is 5.73 Å². The highest BCUT2D eigenvalue weighted by atomic mass is 19.3. The number of benzene rings is 1. The quantitative estimate of drug-likeness (QED) is 0.887. The van der Waals surface area contributed by atoms with Crippen molar-refractivity contribution >= 4 is 0 Å². The van der Waals surface area contributed by atoms with Crippen molar-refractivity contribution < 1.29 is 8.78 Å². The van der Waals surface area contributed by atoms with E-state index in [-0.39, 0.29) is 0 Å². The van der Waals surface area contributed by atoms with Crippen LogP contribution in [0.15, 0.2) is 36.7 Å². The Bertz CT molecular complexity index is 477. The van der Waals surface area contributed by atoms with Crippen LogP contribution in [0.2, 0.25) is 0 Å². The van der Waals surface area contributed by atoms with E-state index in [9.17, 15) is 8.78 Å². The van der Waals surface area contributed by atoms with Crippen molar-refractivity contribution in [2.75, 3.05) is 6.54 Å². The molecule has 0 saturated heterocycles. The zero-order valence-electron chi connectivity index (χ0n) is 9.18. The van der Waals surface area contributed by atoms with E-state index in [0.29, 0.717) is 16.8 Å². The molecule has 0 atom stereocenters. The predicted molar refractivity (Wildman–Crippen MR) is 61.7 cm³/mol. The average molecular weight is 237 g/mol. The molecule has 1 aromatic carbocycles. The van der Waals surface area contributed by atoms with Crippen LogP contribution in [-0.2, 0) is 6.42 Å². The first-order chi connectivity index (χ1) is 8.20. The van der Waals surface area contributed by atoms with Gasteiger partial charge in [-0.2, -0.15) is 13.9 Å². The molecule has 0 aliphatic carbocycles. The van der Waals surface area contributed by atoms with Crippen LogP contribution in [0.25, 0.3) is 11.1 Å². The van der Waals surface area contributed by atoms with Gasteiger partial charge in [0.1, 0.15) is 0 Å². The van der Waals surface area contributed by atoms with Crippen molar-refractivity contribution in [2.24, 2.45) is 5.73 Å². The summed E-state index contributed by atoms with van der Waals surface area (Å²) in [6.07, 6.45) is 3.59. The van der Waals surface area contributed by atoms with E-state index in [1.165, 1.54) is 12.4 Å². The van der Waals surface area contributed by atoms with Gasteiger partial charge in [-0.15, -0.1) is 0 Å². The van der Waals surface area contributed by atoms with E-state index < -0.39 is 6.55 Å². The minimum absolute atomic E-state index is 0.600. The lowest BCUT2D eigenvalue weighted by molar-refractivity contribution is 0.0566. The second-order valence-corrected chi connectivity index (χ2v) is 3.72. The van der Waals surface area contributed by atoms with Crippen LogP contribution in [0.5, 0.6) is 0 Å². The SMILES string of the molecule is NCCc1ccc(-c2cnn(C(F)F)c2)cc1. The van der Waals surface area contributed by atoms with Gasteiger partial charge < -0.3 is 5.73 Å². The second-order valence-electron chi connectivity index (χ2n) is 3.72. The number of hydrogen-bond donors (Lipinski definition) is 1. The molecule has 1 heterocycles. The molecule has 0 aliphatic heterocycles.